The van der Waals surface area contributed by atoms with E-state index in [4.69, 9.17) is 21.1 Å². The van der Waals surface area contributed by atoms with Gasteiger partial charge in [0.15, 0.2) is 11.5 Å². The van der Waals surface area contributed by atoms with Gasteiger partial charge in [0.1, 0.15) is 0 Å². The highest BCUT2D eigenvalue weighted by Crippen LogP contribution is 2.37. The second kappa shape index (κ2) is 9.65. The third kappa shape index (κ3) is 5.01. The van der Waals surface area contributed by atoms with Crippen molar-refractivity contribution < 1.29 is 19.1 Å². The lowest BCUT2D eigenvalue weighted by atomic mass is 9.96. The molecule has 0 saturated carbocycles. The number of nitrogens with zero attached hydrogens (tertiary/aromatic N) is 1. The van der Waals surface area contributed by atoms with Crippen LogP contribution in [0, 0.1) is 5.92 Å². The molecule has 0 aromatic heterocycles. The van der Waals surface area contributed by atoms with E-state index in [0.717, 1.165) is 18.5 Å². The van der Waals surface area contributed by atoms with Crippen LogP contribution in [0.15, 0.2) is 42.5 Å². The van der Waals surface area contributed by atoms with Crippen LogP contribution in [-0.4, -0.2) is 43.5 Å². The van der Waals surface area contributed by atoms with Gasteiger partial charge in [0.05, 0.1) is 24.7 Å². The molecule has 3 rings (SSSR count). The van der Waals surface area contributed by atoms with E-state index >= 15 is 0 Å². The summed E-state index contributed by atoms with van der Waals surface area (Å²) in [6.07, 6.45) is 1.51. The van der Waals surface area contributed by atoms with Gasteiger partial charge in [-0.3, -0.25) is 9.59 Å². The van der Waals surface area contributed by atoms with Crippen LogP contribution < -0.4 is 14.8 Å². The molecule has 2 aromatic carbocycles. The van der Waals surface area contributed by atoms with Gasteiger partial charge < -0.3 is 19.7 Å². The molecule has 1 aliphatic heterocycles. The van der Waals surface area contributed by atoms with Crippen molar-refractivity contribution in [3.05, 3.63) is 53.1 Å². The molecule has 29 heavy (non-hydrogen) atoms. The zero-order valence-electron chi connectivity index (χ0n) is 16.6. The van der Waals surface area contributed by atoms with Crippen LogP contribution in [0.3, 0.4) is 0 Å². The van der Waals surface area contributed by atoms with Crippen LogP contribution in [0.5, 0.6) is 11.5 Å². The standard InChI is InChI=1S/C22H25ClN2O4/c1-3-29-20-18(23)12-16(13-19(20)28-2)22(27)25-11-7-8-15(14-25)21(26)24-17-9-5-4-6-10-17/h4-6,9-10,12-13,15H,3,7-8,11,14H2,1-2H3,(H,24,26)/t15-/m0/s1. The number of likely N-dealkylation sites (tertiary alicyclic amines) is 1. The van der Waals surface area contributed by atoms with E-state index in [9.17, 15) is 9.59 Å². The lowest BCUT2D eigenvalue weighted by Crippen LogP contribution is -2.43. The monoisotopic (exact) mass is 416 g/mol. The number of carbonyl (C=O) groups excluding carboxylic acids is 2. The Labute approximate surface area is 175 Å². The van der Waals surface area contributed by atoms with Crippen molar-refractivity contribution >= 4 is 29.1 Å². The molecule has 1 heterocycles. The molecule has 0 radical (unpaired) electrons. The van der Waals surface area contributed by atoms with E-state index in [0.29, 0.717) is 41.8 Å². The maximum absolute atomic E-state index is 13.1. The predicted molar refractivity (Wildman–Crippen MR) is 113 cm³/mol. The summed E-state index contributed by atoms with van der Waals surface area (Å²) >= 11 is 6.30. The molecule has 7 heteroatoms. The van der Waals surface area contributed by atoms with Gasteiger partial charge in [-0.2, -0.15) is 0 Å². The molecular formula is C22H25ClN2O4. The topological polar surface area (TPSA) is 67.9 Å². The normalized spacial score (nSPS) is 16.2. The fraction of sp³-hybridized carbons (Fsp3) is 0.364. The number of amides is 2. The number of nitrogens with one attached hydrogen (secondary N) is 1. The molecule has 6 nitrogen and oxygen atoms in total. The lowest BCUT2D eigenvalue weighted by molar-refractivity contribution is -0.121. The number of hydrogen-bond donors (Lipinski definition) is 1. The van der Waals surface area contributed by atoms with Crippen LogP contribution in [0.25, 0.3) is 0 Å². The number of para-hydroxylation sites is 1. The number of rotatable bonds is 6. The molecule has 0 bridgehead atoms. The number of hydrogen-bond acceptors (Lipinski definition) is 4. The van der Waals surface area contributed by atoms with Crippen molar-refractivity contribution in [2.24, 2.45) is 5.92 Å². The van der Waals surface area contributed by atoms with Crippen LogP contribution >= 0.6 is 11.6 Å². The van der Waals surface area contributed by atoms with E-state index in [-0.39, 0.29) is 17.7 Å². The second-order valence-corrected chi connectivity index (χ2v) is 7.28. The van der Waals surface area contributed by atoms with Gasteiger partial charge in [0, 0.05) is 24.3 Å². The zero-order valence-corrected chi connectivity index (χ0v) is 17.4. The Kier molecular flexibility index (Phi) is 6.99. The Morgan fingerprint density at radius 2 is 2.00 bits per heavy atom. The summed E-state index contributed by atoms with van der Waals surface area (Å²) in [5, 5.41) is 3.25. The molecule has 1 atom stereocenters. The van der Waals surface area contributed by atoms with Crippen molar-refractivity contribution in [2.75, 3.05) is 32.1 Å². The summed E-state index contributed by atoms with van der Waals surface area (Å²) in [6.45, 7) is 3.25. The zero-order chi connectivity index (χ0) is 20.8. The van der Waals surface area contributed by atoms with Gasteiger partial charge in [-0.05, 0) is 44.0 Å². The van der Waals surface area contributed by atoms with Gasteiger partial charge in [-0.15, -0.1) is 0 Å². The predicted octanol–water partition coefficient (Wildman–Crippen LogP) is 4.24. The third-order valence-corrected chi connectivity index (χ3v) is 5.17. The van der Waals surface area contributed by atoms with E-state index in [1.54, 1.807) is 17.0 Å². The molecule has 1 saturated heterocycles. The molecule has 1 aliphatic rings. The quantitative estimate of drug-likeness (QED) is 0.764. The lowest BCUT2D eigenvalue weighted by Gasteiger charge is -2.32. The number of carbonyl (C=O) groups is 2. The summed E-state index contributed by atoms with van der Waals surface area (Å²) in [7, 11) is 1.51. The molecule has 0 unspecified atom stereocenters. The van der Waals surface area contributed by atoms with Crippen molar-refractivity contribution in [1.29, 1.82) is 0 Å². The van der Waals surface area contributed by atoms with Gasteiger partial charge in [-0.25, -0.2) is 0 Å². The summed E-state index contributed by atoms with van der Waals surface area (Å²) in [4.78, 5) is 27.4. The second-order valence-electron chi connectivity index (χ2n) is 6.87. The van der Waals surface area contributed by atoms with E-state index in [1.807, 2.05) is 37.3 Å². The highest BCUT2D eigenvalue weighted by molar-refractivity contribution is 6.32. The number of ether oxygens (including phenoxy) is 2. The average molecular weight is 417 g/mol. The van der Waals surface area contributed by atoms with Gasteiger partial charge in [0.2, 0.25) is 5.91 Å². The molecule has 1 fully saturated rings. The largest absolute Gasteiger partial charge is 0.493 e. The number of halogens is 1. The molecular weight excluding hydrogens is 392 g/mol. The Morgan fingerprint density at radius 3 is 2.69 bits per heavy atom. The van der Waals surface area contributed by atoms with Crippen molar-refractivity contribution in [1.82, 2.24) is 4.90 Å². The van der Waals surface area contributed by atoms with Gasteiger partial charge in [-0.1, -0.05) is 29.8 Å². The first-order valence-electron chi connectivity index (χ1n) is 9.69. The van der Waals surface area contributed by atoms with E-state index in [1.165, 1.54) is 7.11 Å². The summed E-state index contributed by atoms with van der Waals surface area (Å²) < 4.78 is 10.8. The Morgan fingerprint density at radius 1 is 1.24 bits per heavy atom. The Bertz CT molecular complexity index is 873. The summed E-state index contributed by atoms with van der Waals surface area (Å²) in [5.41, 5.74) is 1.17. The highest BCUT2D eigenvalue weighted by atomic mass is 35.5. The van der Waals surface area contributed by atoms with Crippen molar-refractivity contribution in [2.45, 2.75) is 19.8 Å². The summed E-state index contributed by atoms with van der Waals surface area (Å²) in [5.74, 6) is 0.333. The summed E-state index contributed by atoms with van der Waals surface area (Å²) in [6, 6.07) is 12.5. The molecule has 1 N–H and O–H groups in total. The fourth-order valence-corrected chi connectivity index (χ4v) is 3.72. The molecule has 2 amide bonds. The highest BCUT2D eigenvalue weighted by Gasteiger charge is 2.29. The maximum atomic E-state index is 13.1. The number of benzene rings is 2. The first-order chi connectivity index (χ1) is 14.0. The van der Waals surface area contributed by atoms with Gasteiger partial charge >= 0.3 is 0 Å². The van der Waals surface area contributed by atoms with Crippen LogP contribution in [-0.2, 0) is 4.79 Å². The number of piperidine rings is 1. The van der Waals surface area contributed by atoms with Crippen LogP contribution in [0.2, 0.25) is 5.02 Å². The molecule has 0 aliphatic carbocycles. The number of anilines is 1. The van der Waals surface area contributed by atoms with Crippen molar-refractivity contribution in [3.8, 4) is 11.5 Å². The Hall–Kier alpha value is -2.73. The third-order valence-electron chi connectivity index (χ3n) is 4.89. The minimum Gasteiger partial charge on any atom is -0.493 e. The molecule has 0 spiro atoms. The van der Waals surface area contributed by atoms with Gasteiger partial charge in [0.25, 0.3) is 5.91 Å². The minimum atomic E-state index is -0.257. The number of methoxy groups -OCH3 is 1. The maximum Gasteiger partial charge on any atom is 0.254 e. The smallest absolute Gasteiger partial charge is 0.254 e. The van der Waals surface area contributed by atoms with E-state index in [2.05, 4.69) is 5.32 Å². The van der Waals surface area contributed by atoms with Crippen LogP contribution in [0.4, 0.5) is 5.69 Å². The average Bonchev–Trinajstić information content (AvgIpc) is 2.75. The first-order valence-corrected chi connectivity index (χ1v) is 10.1. The minimum absolute atomic E-state index is 0.0731. The SMILES string of the molecule is CCOc1c(Cl)cc(C(=O)N2CCC[C@H](C(=O)Nc3ccccc3)C2)cc1OC. The van der Waals surface area contributed by atoms with E-state index < -0.39 is 0 Å². The molecule has 2 aromatic rings. The molecule has 154 valence electrons. The van der Waals surface area contributed by atoms with Crippen LogP contribution in [0.1, 0.15) is 30.1 Å². The van der Waals surface area contributed by atoms with Crippen molar-refractivity contribution in [3.63, 3.8) is 0 Å². The fourth-order valence-electron chi connectivity index (χ4n) is 3.45. The Balaban J connectivity index is 1.72. The first kappa shape index (κ1) is 21.0.